The van der Waals surface area contributed by atoms with Gasteiger partial charge in [0.25, 0.3) is 5.91 Å². The fraction of sp³-hybridized carbons (Fsp3) is 0.500. The zero-order valence-electron chi connectivity index (χ0n) is 15.6. The van der Waals surface area contributed by atoms with E-state index < -0.39 is 29.6 Å². The van der Waals surface area contributed by atoms with Crippen molar-refractivity contribution in [1.29, 1.82) is 0 Å². The second-order valence-corrected chi connectivity index (χ2v) is 6.50. The van der Waals surface area contributed by atoms with Crippen molar-refractivity contribution in [3.8, 4) is 0 Å². The van der Waals surface area contributed by atoms with Crippen molar-refractivity contribution in [2.75, 3.05) is 11.9 Å². The number of rotatable bonds is 10. The molecule has 0 bridgehead atoms. The Bertz CT molecular complexity index is 712. The number of halogens is 1. The lowest BCUT2D eigenvalue weighted by atomic mass is 9.99. The van der Waals surface area contributed by atoms with E-state index in [-0.39, 0.29) is 25.2 Å². The summed E-state index contributed by atoms with van der Waals surface area (Å²) in [7, 11) is 0. The van der Waals surface area contributed by atoms with E-state index in [4.69, 9.17) is 0 Å². The molecule has 0 spiro atoms. The number of hydroxylamine groups is 2. The second-order valence-electron chi connectivity index (χ2n) is 6.50. The van der Waals surface area contributed by atoms with Gasteiger partial charge in [0.15, 0.2) is 0 Å². The number of carbonyl (C=O) groups is 3. The Hall–Kier alpha value is -2.88. The van der Waals surface area contributed by atoms with E-state index in [1.165, 1.54) is 12.3 Å². The Kier molecular flexibility index (Phi) is 8.00. The van der Waals surface area contributed by atoms with Gasteiger partial charge in [0, 0.05) is 12.6 Å². The number of anilines is 1. The van der Waals surface area contributed by atoms with Gasteiger partial charge in [-0.25, -0.2) is 19.4 Å². The van der Waals surface area contributed by atoms with Crippen LogP contribution in [0.15, 0.2) is 23.4 Å². The Morgan fingerprint density at radius 1 is 1.46 bits per heavy atom. The Morgan fingerprint density at radius 3 is 2.89 bits per heavy atom. The molecule has 0 aromatic carbocycles. The molecule has 0 saturated carbocycles. The lowest BCUT2D eigenvalue weighted by molar-refractivity contribution is -0.158. The van der Waals surface area contributed by atoms with E-state index in [9.17, 15) is 24.0 Å². The van der Waals surface area contributed by atoms with Gasteiger partial charge >= 0.3 is 0 Å². The lowest BCUT2D eigenvalue weighted by Gasteiger charge is -2.26. The van der Waals surface area contributed by atoms with Crippen molar-refractivity contribution in [2.24, 2.45) is 11.0 Å². The molecular weight excluding hydrogens is 369 g/mol. The number of hydrogen-bond acceptors (Lipinski definition) is 6. The van der Waals surface area contributed by atoms with Crippen molar-refractivity contribution in [3.05, 3.63) is 24.1 Å². The minimum absolute atomic E-state index is 0.160. The number of carbonyl (C=O) groups excluding carboxylic acids is 3. The van der Waals surface area contributed by atoms with Crippen molar-refractivity contribution in [2.45, 2.75) is 45.1 Å². The number of amides is 3. The molecule has 3 amide bonds. The number of nitrogens with zero attached hydrogens (tertiary/aromatic N) is 4. The minimum Gasteiger partial charge on any atom is -0.309 e. The number of aromatic nitrogens is 1. The molecule has 2 heterocycles. The number of hydrogen-bond donors (Lipinski definition) is 2. The quantitative estimate of drug-likeness (QED) is 0.272. The highest BCUT2D eigenvalue weighted by molar-refractivity contribution is 5.99. The normalized spacial score (nSPS) is 16.7. The van der Waals surface area contributed by atoms with Gasteiger partial charge in [0.2, 0.25) is 12.3 Å². The Balaban J connectivity index is 2.06. The summed E-state index contributed by atoms with van der Waals surface area (Å²) in [6.45, 7) is 1.85. The third-order valence-corrected chi connectivity index (χ3v) is 4.37. The zero-order chi connectivity index (χ0) is 20.5. The molecule has 0 saturated heterocycles. The maximum atomic E-state index is 12.9. The van der Waals surface area contributed by atoms with Crippen LogP contribution in [-0.2, 0) is 14.4 Å². The molecule has 2 atom stereocenters. The van der Waals surface area contributed by atoms with Gasteiger partial charge in [0.1, 0.15) is 17.7 Å². The van der Waals surface area contributed by atoms with E-state index in [0.717, 1.165) is 36.5 Å². The van der Waals surface area contributed by atoms with Crippen molar-refractivity contribution in [1.82, 2.24) is 15.1 Å². The van der Waals surface area contributed by atoms with Crippen LogP contribution in [0, 0.1) is 11.7 Å². The molecule has 152 valence electrons. The van der Waals surface area contributed by atoms with Crippen LogP contribution < -0.4 is 5.32 Å². The summed E-state index contributed by atoms with van der Waals surface area (Å²) in [5, 5.41) is 17.5. The van der Waals surface area contributed by atoms with E-state index in [2.05, 4.69) is 15.4 Å². The van der Waals surface area contributed by atoms with Crippen molar-refractivity contribution in [3.63, 3.8) is 0 Å². The summed E-state index contributed by atoms with van der Waals surface area (Å²) in [6, 6.07) is 1.60. The van der Waals surface area contributed by atoms with Crippen LogP contribution in [0.4, 0.5) is 10.2 Å². The van der Waals surface area contributed by atoms with Crippen LogP contribution in [0.5, 0.6) is 0 Å². The number of nitrogens with one attached hydrogen (secondary N) is 1. The molecule has 9 nitrogen and oxygen atoms in total. The molecule has 2 rings (SSSR count). The molecule has 0 radical (unpaired) electrons. The molecule has 0 fully saturated rings. The average molecular weight is 393 g/mol. The Morgan fingerprint density at radius 2 is 2.25 bits per heavy atom. The van der Waals surface area contributed by atoms with Crippen LogP contribution in [0.3, 0.4) is 0 Å². The maximum absolute atomic E-state index is 12.9. The third-order valence-electron chi connectivity index (χ3n) is 4.37. The average Bonchev–Trinajstić information content (AvgIpc) is 3.18. The molecule has 0 unspecified atom stereocenters. The first-order chi connectivity index (χ1) is 13.5. The summed E-state index contributed by atoms with van der Waals surface area (Å²) in [4.78, 5) is 40.0. The van der Waals surface area contributed by atoms with Crippen molar-refractivity contribution < 1.29 is 24.0 Å². The first-order valence-corrected chi connectivity index (χ1v) is 9.15. The number of pyridine rings is 1. The molecule has 28 heavy (non-hydrogen) atoms. The van der Waals surface area contributed by atoms with Gasteiger partial charge in [-0.1, -0.05) is 26.2 Å². The zero-order valence-corrected chi connectivity index (χ0v) is 15.6. The summed E-state index contributed by atoms with van der Waals surface area (Å²) < 4.78 is 12.9. The molecule has 1 aromatic heterocycles. The van der Waals surface area contributed by atoms with Crippen LogP contribution in [0.25, 0.3) is 0 Å². The van der Waals surface area contributed by atoms with Crippen LogP contribution in [0.1, 0.15) is 39.0 Å². The Labute approximate surface area is 162 Å². The highest BCUT2D eigenvalue weighted by Crippen LogP contribution is 2.21. The largest absolute Gasteiger partial charge is 0.309 e. The molecule has 0 aliphatic carbocycles. The van der Waals surface area contributed by atoms with Crippen LogP contribution in [-0.4, -0.2) is 57.3 Å². The smallest absolute Gasteiger partial charge is 0.250 e. The molecule has 1 aromatic rings. The van der Waals surface area contributed by atoms with Crippen molar-refractivity contribution >= 4 is 30.3 Å². The van der Waals surface area contributed by atoms with Gasteiger partial charge in [-0.15, -0.1) is 0 Å². The summed E-state index contributed by atoms with van der Waals surface area (Å²) in [6.07, 6.45) is 5.94. The molecular formula is C18H24FN5O4. The monoisotopic (exact) mass is 393 g/mol. The minimum atomic E-state index is -0.878. The van der Waals surface area contributed by atoms with Gasteiger partial charge in [0.05, 0.1) is 18.7 Å². The highest BCUT2D eigenvalue weighted by Gasteiger charge is 2.36. The van der Waals surface area contributed by atoms with Crippen LogP contribution >= 0.6 is 0 Å². The molecule has 2 N–H and O–H groups in total. The van der Waals surface area contributed by atoms with Gasteiger partial charge < -0.3 is 5.32 Å². The van der Waals surface area contributed by atoms with E-state index >= 15 is 0 Å². The first-order valence-electron chi connectivity index (χ1n) is 9.15. The van der Waals surface area contributed by atoms with Gasteiger partial charge in [-0.3, -0.25) is 19.6 Å². The van der Waals surface area contributed by atoms with E-state index in [1.807, 2.05) is 6.92 Å². The van der Waals surface area contributed by atoms with E-state index in [0.29, 0.717) is 11.5 Å². The molecule has 1 aliphatic rings. The topological polar surface area (TPSA) is 115 Å². The second kappa shape index (κ2) is 10.5. The van der Waals surface area contributed by atoms with Crippen LogP contribution in [0.2, 0.25) is 0 Å². The first kappa shape index (κ1) is 21.4. The van der Waals surface area contributed by atoms with E-state index in [1.54, 1.807) is 0 Å². The standard InChI is InChI=1S/C18H24FN5O4/c1-2-3-4-5-13(11-23(28)12-25)18(27)24-15(8-9-21-24)17(26)22-16-7-6-14(19)10-20-16/h6-7,9-10,12-13,15,28H,2-5,8,11H2,1H3,(H,20,22,26)/t13-,15+/m1/s1. The lowest BCUT2D eigenvalue weighted by Crippen LogP contribution is -2.46. The highest BCUT2D eigenvalue weighted by atomic mass is 19.1. The summed E-state index contributed by atoms with van der Waals surface area (Å²) in [5.41, 5.74) is 0. The fourth-order valence-corrected chi connectivity index (χ4v) is 2.89. The van der Waals surface area contributed by atoms with Gasteiger partial charge in [-0.2, -0.15) is 5.10 Å². The maximum Gasteiger partial charge on any atom is 0.250 e. The SMILES string of the molecule is CCCCC[C@H](CN(O)C=O)C(=O)N1N=CC[C@H]1C(=O)Nc1ccc(F)cn1. The predicted molar refractivity (Wildman–Crippen MR) is 98.8 cm³/mol. The molecule has 1 aliphatic heterocycles. The summed E-state index contributed by atoms with van der Waals surface area (Å²) >= 11 is 0. The number of unbranched alkanes of at least 4 members (excludes halogenated alkanes) is 2. The fourth-order valence-electron chi connectivity index (χ4n) is 2.89. The van der Waals surface area contributed by atoms with Gasteiger partial charge in [-0.05, 0) is 18.6 Å². The number of hydrazone groups is 1. The molecule has 10 heteroatoms. The predicted octanol–water partition coefficient (Wildman–Crippen LogP) is 1.79. The summed E-state index contributed by atoms with van der Waals surface area (Å²) in [5.74, 6) is -2.01. The third kappa shape index (κ3) is 5.81.